The minimum absolute atomic E-state index is 0.141. The molecule has 0 aromatic heterocycles. The first-order valence-corrected chi connectivity index (χ1v) is 8.01. The van der Waals surface area contributed by atoms with Crippen LogP contribution in [0.5, 0.6) is 0 Å². The maximum atomic E-state index is 11.9. The van der Waals surface area contributed by atoms with Crippen molar-refractivity contribution in [3.8, 4) is 0 Å². The highest BCUT2D eigenvalue weighted by Crippen LogP contribution is 2.28. The second-order valence-corrected chi connectivity index (χ2v) is 6.89. The van der Waals surface area contributed by atoms with Crippen molar-refractivity contribution in [1.29, 1.82) is 0 Å². The Labute approximate surface area is 124 Å². The second kappa shape index (κ2) is 7.09. The fourth-order valence-corrected chi connectivity index (χ4v) is 3.59. The Kier molecular flexibility index (Phi) is 5.44. The minimum Gasteiger partial charge on any atom is -0.356 e. The molecule has 2 nitrogen and oxygen atoms in total. The monoisotopic (exact) mass is 323 g/mol. The van der Waals surface area contributed by atoms with Crippen LogP contribution in [-0.2, 0) is 11.2 Å². The quantitative estimate of drug-likeness (QED) is 0.842. The normalized spacial score (nSPS) is 23.1. The number of aryl methyl sites for hydroxylation is 1. The van der Waals surface area contributed by atoms with Gasteiger partial charge in [0, 0.05) is 11.4 Å². The van der Waals surface area contributed by atoms with Crippen molar-refractivity contribution in [2.75, 3.05) is 6.54 Å². The lowest BCUT2D eigenvalue weighted by atomic mass is 9.89. The number of benzene rings is 1. The van der Waals surface area contributed by atoms with Crippen LogP contribution in [0.3, 0.4) is 0 Å². The first kappa shape index (κ1) is 14.6. The van der Waals surface area contributed by atoms with Crippen LogP contribution < -0.4 is 5.32 Å². The van der Waals surface area contributed by atoms with E-state index in [0.29, 0.717) is 17.2 Å². The van der Waals surface area contributed by atoms with Crippen molar-refractivity contribution in [3.63, 3.8) is 0 Å². The van der Waals surface area contributed by atoms with Crippen molar-refractivity contribution < 1.29 is 4.79 Å². The van der Waals surface area contributed by atoms with Crippen LogP contribution >= 0.6 is 15.9 Å². The number of carbonyl (C=O) groups excluding carboxylic acids is 1. The van der Waals surface area contributed by atoms with Gasteiger partial charge >= 0.3 is 0 Å². The van der Waals surface area contributed by atoms with Crippen LogP contribution in [-0.4, -0.2) is 17.3 Å². The molecule has 1 aromatic carbocycles. The Bertz CT molecular complexity index is 433. The molecule has 19 heavy (non-hydrogen) atoms. The van der Waals surface area contributed by atoms with Crippen molar-refractivity contribution in [2.45, 2.75) is 43.9 Å². The SMILES string of the molecule is Cc1cccc(CC(=O)NCC2CCCC(Br)C2)c1. The summed E-state index contributed by atoms with van der Waals surface area (Å²) >= 11 is 3.68. The summed E-state index contributed by atoms with van der Waals surface area (Å²) in [5.41, 5.74) is 2.30. The summed E-state index contributed by atoms with van der Waals surface area (Å²) < 4.78 is 0. The van der Waals surface area contributed by atoms with Crippen LogP contribution in [0.2, 0.25) is 0 Å². The summed E-state index contributed by atoms with van der Waals surface area (Å²) in [7, 11) is 0. The zero-order chi connectivity index (χ0) is 13.7. The molecule has 2 rings (SSSR count). The van der Waals surface area contributed by atoms with E-state index >= 15 is 0 Å². The summed E-state index contributed by atoms with van der Waals surface area (Å²) in [6.45, 7) is 2.88. The predicted molar refractivity (Wildman–Crippen MR) is 82.6 cm³/mol. The molecule has 1 fully saturated rings. The lowest BCUT2D eigenvalue weighted by Gasteiger charge is -2.25. The second-order valence-electron chi connectivity index (χ2n) is 5.60. The number of halogens is 1. The molecular weight excluding hydrogens is 302 g/mol. The van der Waals surface area contributed by atoms with Crippen molar-refractivity contribution in [2.24, 2.45) is 5.92 Å². The maximum absolute atomic E-state index is 11.9. The van der Waals surface area contributed by atoms with Gasteiger partial charge in [0.25, 0.3) is 0 Å². The molecule has 1 saturated carbocycles. The van der Waals surface area contributed by atoms with Gasteiger partial charge in [0.2, 0.25) is 5.91 Å². The molecule has 0 spiro atoms. The first-order valence-electron chi connectivity index (χ1n) is 7.10. The van der Waals surface area contributed by atoms with E-state index in [9.17, 15) is 4.79 Å². The molecule has 0 radical (unpaired) electrons. The Hall–Kier alpha value is -0.830. The van der Waals surface area contributed by atoms with E-state index in [2.05, 4.69) is 40.3 Å². The Morgan fingerprint density at radius 3 is 3.00 bits per heavy atom. The van der Waals surface area contributed by atoms with Gasteiger partial charge in [-0.25, -0.2) is 0 Å². The molecule has 0 bridgehead atoms. The van der Waals surface area contributed by atoms with E-state index in [-0.39, 0.29) is 5.91 Å². The van der Waals surface area contributed by atoms with E-state index in [1.165, 1.54) is 31.2 Å². The molecule has 0 saturated heterocycles. The van der Waals surface area contributed by atoms with E-state index in [4.69, 9.17) is 0 Å². The molecule has 2 unspecified atom stereocenters. The number of hydrogen-bond acceptors (Lipinski definition) is 1. The van der Waals surface area contributed by atoms with Crippen LogP contribution in [0, 0.1) is 12.8 Å². The molecule has 1 amide bonds. The third-order valence-corrected chi connectivity index (χ3v) is 4.59. The highest BCUT2D eigenvalue weighted by atomic mass is 79.9. The summed E-state index contributed by atoms with van der Waals surface area (Å²) in [6.07, 6.45) is 5.46. The van der Waals surface area contributed by atoms with Crippen LogP contribution in [0.4, 0.5) is 0 Å². The zero-order valence-corrected chi connectivity index (χ0v) is 13.1. The molecule has 1 aliphatic carbocycles. The van der Waals surface area contributed by atoms with Gasteiger partial charge in [0.05, 0.1) is 6.42 Å². The van der Waals surface area contributed by atoms with Gasteiger partial charge in [0.15, 0.2) is 0 Å². The topological polar surface area (TPSA) is 29.1 Å². The van der Waals surface area contributed by atoms with Crippen molar-refractivity contribution >= 4 is 21.8 Å². The summed E-state index contributed by atoms with van der Waals surface area (Å²) in [5.74, 6) is 0.780. The largest absolute Gasteiger partial charge is 0.356 e. The molecule has 0 aliphatic heterocycles. The van der Waals surface area contributed by atoms with Gasteiger partial charge in [0.1, 0.15) is 0 Å². The van der Waals surface area contributed by atoms with Crippen LogP contribution in [0.25, 0.3) is 0 Å². The molecule has 104 valence electrons. The lowest BCUT2D eigenvalue weighted by Crippen LogP contribution is -2.32. The van der Waals surface area contributed by atoms with E-state index in [1.54, 1.807) is 0 Å². The number of rotatable bonds is 4. The van der Waals surface area contributed by atoms with Crippen LogP contribution in [0.15, 0.2) is 24.3 Å². The molecule has 3 heteroatoms. The fourth-order valence-electron chi connectivity index (χ4n) is 2.74. The minimum atomic E-state index is 0.141. The standard InChI is InChI=1S/C16H22BrNO/c1-12-4-2-5-13(8-12)10-16(19)18-11-14-6-3-7-15(17)9-14/h2,4-5,8,14-15H,3,6-7,9-11H2,1H3,(H,18,19). The number of amides is 1. The van der Waals surface area contributed by atoms with Gasteiger partial charge in [-0.2, -0.15) is 0 Å². The number of nitrogens with one attached hydrogen (secondary N) is 1. The van der Waals surface area contributed by atoms with Gasteiger partial charge in [-0.05, 0) is 37.7 Å². The third-order valence-electron chi connectivity index (χ3n) is 3.75. The first-order chi connectivity index (χ1) is 9.13. The smallest absolute Gasteiger partial charge is 0.224 e. The Morgan fingerprint density at radius 2 is 2.26 bits per heavy atom. The molecule has 1 aromatic rings. The third kappa shape index (κ3) is 4.98. The summed E-state index contributed by atoms with van der Waals surface area (Å²) in [5, 5.41) is 3.08. The number of hydrogen-bond donors (Lipinski definition) is 1. The van der Waals surface area contributed by atoms with Gasteiger partial charge in [-0.1, -0.05) is 52.2 Å². The van der Waals surface area contributed by atoms with Gasteiger partial charge in [-0.15, -0.1) is 0 Å². The number of carbonyl (C=O) groups is 1. The fraction of sp³-hybridized carbons (Fsp3) is 0.562. The number of alkyl halides is 1. The van der Waals surface area contributed by atoms with Gasteiger partial charge < -0.3 is 5.32 Å². The molecule has 2 atom stereocenters. The maximum Gasteiger partial charge on any atom is 0.224 e. The molecule has 0 heterocycles. The molecule has 1 N–H and O–H groups in total. The highest BCUT2D eigenvalue weighted by Gasteiger charge is 2.20. The van der Waals surface area contributed by atoms with Crippen molar-refractivity contribution in [1.82, 2.24) is 5.32 Å². The summed E-state index contributed by atoms with van der Waals surface area (Å²) in [6, 6.07) is 8.16. The average molecular weight is 324 g/mol. The van der Waals surface area contributed by atoms with Crippen LogP contribution in [0.1, 0.15) is 36.8 Å². The summed E-state index contributed by atoms with van der Waals surface area (Å²) in [4.78, 5) is 12.6. The predicted octanol–water partition coefficient (Wildman–Crippen LogP) is 3.61. The zero-order valence-electron chi connectivity index (χ0n) is 11.5. The van der Waals surface area contributed by atoms with Crippen molar-refractivity contribution in [3.05, 3.63) is 35.4 Å². The lowest BCUT2D eigenvalue weighted by molar-refractivity contribution is -0.120. The average Bonchev–Trinajstić information content (AvgIpc) is 2.36. The highest BCUT2D eigenvalue weighted by molar-refractivity contribution is 9.09. The van der Waals surface area contributed by atoms with E-state index < -0.39 is 0 Å². The Balaban J connectivity index is 1.75. The molecule has 1 aliphatic rings. The molecular formula is C16H22BrNO. The Morgan fingerprint density at radius 1 is 1.42 bits per heavy atom. The van der Waals surface area contributed by atoms with E-state index in [0.717, 1.165) is 12.1 Å². The van der Waals surface area contributed by atoms with E-state index in [1.807, 2.05) is 12.1 Å². The van der Waals surface area contributed by atoms with Gasteiger partial charge in [-0.3, -0.25) is 4.79 Å².